The summed E-state index contributed by atoms with van der Waals surface area (Å²) in [4.78, 5) is 46.3. The number of pyridine rings is 1. The minimum absolute atomic E-state index is 0.0297. The van der Waals surface area contributed by atoms with Crippen molar-refractivity contribution in [1.82, 2.24) is 40.0 Å². The molecule has 15 heteroatoms. The summed E-state index contributed by atoms with van der Waals surface area (Å²) in [5, 5.41) is 19.2. The van der Waals surface area contributed by atoms with E-state index in [-0.39, 0.29) is 62.6 Å². The molecule has 69 heavy (non-hydrogen) atoms. The summed E-state index contributed by atoms with van der Waals surface area (Å²) in [5.41, 5.74) is 3.57. The minimum atomic E-state index is -0.720. The van der Waals surface area contributed by atoms with E-state index < -0.39 is 11.6 Å². The van der Waals surface area contributed by atoms with Crippen molar-refractivity contribution in [1.29, 1.82) is 0 Å². The normalized spacial score (nSPS) is 23.5. The molecule has 0 radical (unpaired) electrons. The van der Waals surface area contributed by atoms with Gasteiger partial charge in [0.15, 0.2) is 5.82 Å². The molecule has 6 aromatic rings. The molecule has 3 aromatic carbocycles. The zero-order valence-corrected chi connectivity index (χ0v) is 38.9. The molecule has 3 aromatic heterocycles. The molecule has 356 valence electrons. The molecule has 5 saturated heterocycles. The standard InChI is InChI=1S/C54H57F2N9O4/c1-3-38-44(55)10-5-33-22-37(66)24-41(47(33)38)49-48(56)50-42(25-57-49)51(65-26-34-6-7-35(27-65)58-34)61-53(60-50)69-30-54(16-17-54)29-63-18-14-36(15-19-63)64-20-12-31(13-21-64)32-4-8-39-43(28-62(2)45(39)23-32)40-9-11-46(67)59-52(40)68/h1,4-5,8,10,22-25,28,31,34-36,40,58,66H,6-7,9,11-21,26-27,29-30H2,2H3,(H,59,67,68). The van der Waals surface area contributed by atoms with Crippen LogP contribution in [0.25, 0.3) is 43.8 Å². The van der Waals surface area contributed by atoms with E-state index in [2.05, 4.69) is 65.2 Å². The van der Waals surface area contributed by atoms with Gasteiger partial charge < -0.3 is 34.4 Å². The number of carbonyl (C=O) groups is 2. The summed E-state index contributed by atoms with van der Waals surface area (Å²) in [5.74, 6) is 1.34. The molecule has 12 rings (SSSR count). The number of nitrogens with zero attached hydrogens (tertiary/aromatic N) is 7. The van der Waals surface area contributed by atoms with Gasteiger partial charge in [0, 0.05) is 90.9 Å². The van der Waals surface area contributed by atoms with Crippen LogP contribution in [0.3, 0.4) is 0 Å². The number of fused-ring (bicyclic) bond motifs is 5. The first-order valence-electron chi connectivity index (χ1n) is 24.8. The van der Waals surface area contributed by atoms with Crippen LogP contribution in [-0.2, 0) is 16.6 Å². The second-order valence-electron chi connectivity index (χ2n) is 20.8. The number of phenols is 1. The number of nitrogens with one attached hydrogen (secondary N) is 2. The smallest absolute Gasteiger partial charge is 0.319 e. The van der Waals surface area contributed by atoms with Gasteiger partial charge in [0.05, 0.1) is 23.5 Å². The molecule has 3 unspecified atom stereocenters. The van der Waals surface area contributed by atoms with Crippen molar-refractivity contribution in [2.24, 2.45) is 12.5 Å². The number of aromatic hydroxyl groups is 1. The van der Waals surface area contributed by atoms with Gasteiger partial charge in [-0.3, -0.25) is 19.9 Å². The number of carbonyl (C=O) groups excluding carboxylic acids is 2. The van der Waals surface area contributed by atoms with E-state index in [1.54, 1.807) is 6.20 Å². The molecular weight excluding hydrogens is 877 g/mol. The second kappa shape index (κ2) is 17.3. The number of benzene rings is 3. The number of halogens is 2. The Morgan fingerprint density at radius 3 is 2.45 bits per heavy atom. The molecule has 0 spiro atoms. The fraction of sp³-hybridized carbons (Fsp3) is 0.463. The van der Waals surface area contributed by atoms with Crippen molar-refractivity contribution in [3.8, 4) is 35.4 Å². The first kappa shape index (κ1) is 44.0. The molecule has 13 nitrogen and oxygen atoms in total. The molecule has 5 aliphatic heterocycles. The SMILES string of the molecule is C#Cc1c(F)ccc2cc(O)cc(-c3ncc4c(N5CC6CCC(C5)N6)nc(OCC5(CN6CCC(N7CCC(c8ccc9c(C%10CCC(=O)NC%10=O)cn(C)c9c8)CC7)CC6)CC5)nc4c3F)c12. The monoisotopic (exact) mass is 933 g/mol. The average molecular weight is 934 g/mol. The lowest BCUT2D eigenvalue weighted by Crippen LogP contribution is -2.51. The van der Waals surface area contributed by atoms with Gasteiger partial charge in [0.25, 0.3) is 0 Å². The highest BCUT2D eigenvalue weighted by atomic mass is 19.1. The van der Waals surface area contributed by atoms with Crippen LogP contribution in [0.5, 0.6) is 11.8 Å². The lowest BCUT2D eigenvalue weighted by atomic mass is 9.86. The van der Waals surface area contributed by atoms with E-state index in [9.17, 15) is 14.7 Å². The number of piperidine rings is 3. The number of imide groups is 1. The number of aryl methyl sites for hydroxylation is 1. The van der Waals surface area contributed by atoms with Crippen LogP contribution in [0.1, 0.15) is 92.7 Å². The number of phenolic OH excluding ortho intramolecular Hbond substituents is 1. The first-order chi connectivity index (χ1) is 33.5. The fourth-order valence-corrected chi connectivity index (χ4v) is 12.4. The molecule has 6 fully saturated rings. The summed E-state index contributed by atoms with van der Waals surface area (Å²) < 4.78 is 40.8. The summed E-state index contributed by atoms with van der Waals surface area (Å²) in [7, 11) is 2.04. The zero-order chi connectivity index (χ0) is 47.1. The fourth-order valence-electron chi connectivity index (χ4n) is 12.4. The maximum atomic E-state index is 17.1. The largest absolute Gasteiger partial charge is 0.508 e. The Hall–Kier alpha value is -6.21. The zero-order valence-electron chi connectivity index (χ0n) is 38.9. The van der Waals surface area contributed by atoms with Gasteiger partial charge in [0.2, 0.25) is 11.8 Å². The third kappa shape index (κ3) is 8.13. The van der Waals surface area contributed by atoms with E-state index in [0.717, 1.165) is 101 Å². The molecule has 2 amide bonds. The quantitative estimate of drug-likeness (QED) is 0.0945. The summed E-state index contributed by atoms with van der Waals surface area (Å²) >= 11 is 0. The molecule has 8 heterocycles. The Bertz CT molecular complexity index is 3080. The van der Waals surface area contributed by atoms with E-state index in [1.807, 2.05) is 7.05 Å². The number of ether oxygens (including phenoxy) is 1. The Balaban J connectivity index is 0.713. The third-order valence-corrected chi connectivity index (χ3v) is 16.4. The van der Waals surface area contributed by atoms with Crippen LogP contribution < -0.4 is 20.3 Å². The van der Waals surface area contributed by atoms with Gasteiger partial charge >= 0.3 is 6.01 Å². The third-order valence-electron chi connectivity index (χ3n) is 16.4. The highest BCUT2D eigenvalue weighted by Gasteiger charge is 2.46. The maximum Gasteiger partial charge on any atom is 0.319 e. The average Bonchev–Trinajstić information content (AvgIpc) is 3.93. The Labute approximate surface area is 399 Å². The number of aromatic nitrogens is 4. The van der Waals surface area contributed by atoms with Crippen molar-refractivity contribution in [2.45, 2.75) is 94.2 Å². The van der Waals surface area contributed by atoms with Crippen molar-refractivity contribution >= 4 is 50.2 Å². The number of rotatable bonds is 10. The summed E-state index contributed by atoms with van der Waals surface area (Å²) in [6.45, 7) is 7.00. The molecule has 1 aliphatic carbocycles. The molecule has 3 atom stereocenters. The maximum absolute atomic E-state index is 17.1. The van der Waals surface area contributed by atoms with Gasteiger partial charge in [-0.25, -0.2) is 8.78 Å². The van der Waals surface area contributed by atoms with E-state index in [1.165, 1.54) is 29.8 Å². The predicted octanol–water partition coefficient (Wildman–Crippen LogP) is 7.27. The van der Waals surface area contributed by atoms with Crippen molar-refractivity contribution in [3.63, 3.8) is 0 Å². The van der Waals surface area contributed by atoms with Crippen LogP contribution in [0, 0.1) is 29.4 Å². The van der Waals surface area contributed by atoms with Crippen LogP contribution >= 0.6 is 0 Å². The number of hydrogen-bond donors (Lipinski definition) is 3. The number of piperazine rings is 1. The van der Waals surface area contributed by atoms with Crippen LogP contribution in [0.4, 0.5) is 14.6 Å². The van der Waals surface area contributed by atoms with Crippen LogP contribution in [0.15, 0.2) is 54.9 Å². The molecule has 2 bridgehead atoms. The minimum Gasteiger partial charge on any atom is -0.508 e. The van der Waals surface area contributed by atoms with Gasteiger partial charge in [-0.1, -0.05) is 24.1 Å². The van der Waals surface area contributed by atoms with Gasteiger partial charge in [0.1, 0.15) is 28.6 Å². The molecule has 3 N–H and O–H groups in total. The van der Waals surface area contributed by atoms with E-state index in [0.29, 0.717) is 73.2 Å². The predicted molar refractivity (Wildman–Crippen MR) is 260 cm³/mol. The van der Waals surface area contributed by atoms with Gasteiger partial charge in [-0.2, -0.15) is 9.97 Å². The van der Waals surface area contributed by atoms with E-state index in [4.69, 9.17) is 21.1 Å². The number of likely N-dealkylation sites (tertiary alicyclic amines) is 2. The van der Waals surface area contributed by atoms with Gasteiger partial charge in [-0.05, 0) is 131 Å². The Morgan fingerprint density at radius 2 is 1.71 bits per heavy atom. The topological polar surface area (TPSA) is 141 Å². The van der Waals surface area contributed by atoms with Crippen molar-refractivity contribution in [2.75, 3.05) is 57.3 Å². The molecule has 1 saturated carbocycles. The highest BCUT2D eigenvalue weighted by molar-refractivity contribution is 6.04. The lowest BCUT2D eigenvalue weighted by Gasteiger charge is -2.42. The number of amides is 2. The molecular formula is C54H57F2N9O4. The summed E-state index contributed by atoms with van der Waals surface area (Å²) in [6.07, 6.45) is 19.0. The van der Waals surface area contributed by atoms with Crippen molar-refractivity contribution < 1.29 is 28.2 Å². The van der Waals surface area contributed by atoms with Crippen LogP contribution in [0.2, 0.25) is 0 Å². The van der Waals surface area contributed by atoms with Gasteiger partial charge in [-0.15, -0.1) is 6.42 Å². The van der Waals surface area contributed by atoms with E-state index >= 15 is 8.78 Å². The highest BCUT2D eigenvalue weighted by Crippen LogP contribution is 2.48. The summed E-state index contributed by atoms with van der Waals surface area (Å²) in [6, 6.07) is 13.6. The lowest BCUT2D eigenvalue weighted by molar-refractivity contribution is -0.134. The second-order valence-corrected chi connectivity index (χ2v) is 20.8. The first-order valence-corrected chi connectivity index (χ1v) is 24.8. The molecule has 6 aliphatic rings. The number of terminal acetylenes is 1. The Morgan fingerprint density at radius 1 is 0.928 bits per heavy atom. The van der Waals surface area contributed by atoms with Crippen molar-refractivity contribution in [3.05, 3.63) is 83.2 Å². The number of hydrogen-bond acceptors (Lipinski definition) is 11. The Kier molecular flexibility index (Phi) is 11.1. The number of anilines is 1. The van der Waals surface area contributed by atoms with Crippen LogP contribution in [-0.4, -0.2) is 117 Å².